The van der Waals surface area contributed by atoms with Crippen molar-refractivity contribution in [2.45, 2.75) is 19.4 Å². The van der Waals surface area contributed by atoms with Gasteiger partial charge in [-0.25, -0.2) is 0 Å². The third-order valence-corrected chi connectivity index (χ3v) is 4.94. The summed E-state index contributed by atoms with van der Waals surface area (Å²) >= 11 is 8.05. The molecule has 108 valence electrons. The SMILES string of the molecule is CCCNC(c1sccc1Cl)c1cncc2ccccc12. The molecule has 0 aliphatic heterocycles. The Morgan fingerprint density at radius 2 is 2.10 bits per heavy atom. The molecular weight excluding hydrogens is 300 g/mol. The van der Waals surface area contributed by atoms with Gasteiger partial charge in [0.25, 0.3) is 0 Å². The summed E-state index contributed by atoms with van der Waals surface area (Å²) in [6.45, 7) is 3.11. The zero-order valence-electron chi connectivity index (χ0n) is 11.8. The molecule has 0 aliphatic carbocycles. The van der Waals surface area contributed by atoms with Crippen molar-refractivity contribution < 1.29 is 0 Å². The van der Waals surface area contributed by atoms with Crippen molar-refractivity contribution in [3.8, 4) is 0 Å². The first kappa shape index (κ1) is 14.5. The third-order valence-electron chi connectivity index (χ3n) is 3.52. The largest absolute Gasteiger partial charge is 0.305 e. The Hall–Kier alpha value is -1.42. The van der Waals surface area contributed by atoms with Gasteiger partial charge in [0.05, 0.1) is 11.1 Å². The molecule has 0 amide bonds. The Bertz CT molecular complexity index is 733. The summed E-state index contributed by atoms with van der Waals surface area (Å²) in [5, 5.41) is 8.85. The summed E-state index contributed by atoms with van der Waals surface area (Å²) in [5.41, 5.74) is 1.19. The van der Waals surface area contributed by atoms with E-state index >= 15 is 0 Å². The molecule has 0 fully saturated rings. The summed E-state index contributed by atoms with van der Waals surface area (Å²) in [6.07, 6.45) is 4.94. The molecule has 1 unspecified atom stereocenters. The standard InChI is InChI=1S/C17H17ClN2S/c1-2-8-20-16(17-15(18)7-9-21-17)14-11-19-10-12-5-3-4-6-13(12)14/h3-7,9-11,16,20H,2,8H2,1H3. The normalized spacial score (nSPS) is 12.7. The summed E-state index contributed by atoms with van der Waals surface area (Å²) in [7, 11) is 0. The molecule has 0 saturated carbocycles. The second kappa shape index (κ2) is 6.56. The lowest BCUT2D eigenvalue weighted by Gasteiger charge is -2.20. The molecule has 1 N–H and O–H groups in total. The van der Waals surface area contributed by atoms with Crippen molar-refractivity contribution in [1.82, 2.24) is 10.3 Å². The van der Waals surface area contributed by atoms with Crippen LogP contribution in [0, 0.1) is 0 Å². The average Bonchev–Trinajstić information content (AvgIpc) is 2.94. The quantitative estimate of drug-likeness (QED) is 0.713. The van der Waals surface area contributed by atoms with Crippen molar-refractivity contribution in [1.29, 1.82) is 0 Å². The number of thiophene rings is 1. The van der Waals surface area contributed by atoms with E-state index in [2.05, 4.69) is 35.4 Å². The van der Waals surface area contributed by atoms with Crippen LogP contribution in [0.3, 0.4) is 0 Å². The van der Waals surface area contributed by atoms with Gasteiger partial charge in [-0.15, -0.1) is 11.3 Å². The van der Waals surface area contributed by atoms with Gasteiger partial charge >= 0.3 is 0 Å². The smallest absolute Gasteiger partial charge is 0.0707 e. The highest BCUT2D eigenvalue weighted by atomic mass is 35.5. The highest BCUT2D eigenvalue weighted by Gasteiger charge is 2.20. The van der Waals surface area contributed by atoms with Gasteiger partial charge in [0.2, 0.25) is 0 Å². The fourth-order valence-corrected chi connectivity index (χ4v) is 3.77. The predicted molar refractivity (Wildman–Crippen MR) is 91.2 cm³/mol. The molecule has 0 bridgehead atoms. The van der Waals surface area contributed by atoms with Gasteiger partial charge in [-0.1, -0.05) is 42.8 Å². The number of pyridine rings is 1. The minimum atomic E-state index is 0.0936. The van der Waals surface area contributed by atoms with Gasteiger partial charge in [-0.05, 0) is 29.8 Å². The van der Waals surface area contributed by atoms with Gasteiger partial charge in [0.15, 0.2) is 0 Å². The summed E-state index contributed by atoms with van der Waals surface area (Å²) < 4.78 is 0. The lowest BCUT2D eigenvalue weighted by atomic mass is 10.0. The van der Waals surface area contributed by atoms with E-state index in [-0.39, 0.29) is 6.04 Å². The lowest BCUT2D eigenvalue weighted by molar-refractivity contribution is 0.607. The molecule has 2 aromatic heterocycles. The number of aromatic nitrogens is 1. The molecule has 2 heterocycles. The number of nitrogens with zero attached hydrogens (tertiary/aromatic N) is 1. The fraction of sp³-hybridized carbons (Fsp3) is 0.235. The fourth-order valence-electron chi connectivity index (χ4n) is 2.51. The van der Waals surface area contributed by atoms with Crippen LogP contribution in [0.2, 0.25) is 5.02 Å². The average molecular weight is 317 g/mol. The van der Waals surface area contributed by atoms with Crippen LogP contribution in [0.25, 0.3) is 10.8 Å². The van der Waals surface area contributed by atoms with Crippen LogP contribution in [0.4, 0.5) is 0 Å². The topological polar surface area (TPSA) is 24.9 Å². The molecule has 1 aromatic carbocycles. The van der Waals surface area contributed by atoms with Crippen LogP contribution in [0.1, 0.15) is 29.8 Å². The molecular formula is C17H17ClN2S. The third kappa shape index (κ3) is 2.95. The number of halogens is 1. The highest BCUT2D eigenvalue weighted by molar-refractivity contribution is 7.10. The second-order valence-corrected chi connectivity index (χ2v) is 6.32. The van der Waals surface area contributed by atoms with Crippen LogP contribution in [0.15, 0.2) is 48.1 Å². The maximum Gasteiger partial charge on any atom is 0.0707 e. The van der Waals surface area contributed by atoms with E-state index in [1.54, 1.807) is 11.3 Å². The number of nitrogens with one attached hydrogen (secondary N) is 1. The number of hydrogen-bond acceptors (Lipinski definition) is 3. The van der Waals surface area contributed by atoms with Gasteiger partial charge in [0, 0.05) is 28.2 Å². The van der Waals surface area contributed by atoms with Crippen LogP contribution in [-0.2, 0) is 0 Å². The highest BCUT2D eigenvalue weighted by Crippen LogP contribution is 2.35. The summed E-state index contributed by atoms with van der Waals surface area (Å²) in [5.74, 6) is 0. The monoisotopic (exact) mass is 316 g/mol. The zero-order valence-corrected chi connectivity index (χ0v) is 13.4. The van der Waals surface area contributed by atoms with E-state index in [1.807, 2.05) is 29.9 Å². The van der Waals surface area contributed by atoms with Gasteiger partial charge < -0.3 is 5.32 Å². The Labute approximate surface area is 133 Å². The first-order valence-electron chi connectivity index (χ1n) is 7.10. The predicted octanol–water partition coefficient (Wildman–Crippen LogP) is 5.04. The summed E-state index contributed by atoms with van der Waals surface area (Å²) in [4.78, 5) is 5.56. The molecule has 1 atom stereocenters. The van der Waals surface area contributed by atoms with Crippen molar-refractivity contribution in [2.24, 2.45) is 0 Å². The Kier molecular flexibility index (Phi) is 4.54. The number of rotatable bonds is 5. The Morgan fingerprint density at radius 3 is 2.86 bits per heavy atom. The van der Waals surface area contributed by atoms with E-state index in [9.17, 15) is 0 Å². The van der Waals surface area contributed by atoms with Crippen LogP contribution in [-0.4, -0.2) is 11.5 Å². The number of fused-ring (bicyclic) bond motifs is 1. The van der Waals surface area contributed by atoms with E-state index < -0.39 is 0 Å². The summed E-state index contributed by atoms with van der Waals surface area (Å²) in [6, 6.07) is 10.4. The molecule has 0 radical (unpaired) electrons. The Balaban J connectivity index is 2.12. The maximum absolute atomic E-state index is 6.36. The van der Waals surface area contributed by atoms with Gasteiger partial charge in [-0.3, -0.25) is 4.98 Å². The van der Waals surface area contributed by atoms with E-state index in [4.69, 9.17) is 11.6 Å². The number of benzene rings is 1. The second-order valence-electron chi connectivity index (χ2n) is 4.97. The molecule has 3 rings (SSSR count). The molecule has 4 heteroatoms. The maximum atomic E-state index is 6.36. The first-order chi connectivity index (χ1) is 10.3. The van der Waals surface area contributed by atoms with Crippen molar-refractivity contribution >= 4 is 33.7 Å². The minimum Gasteiger partial charge on any atom is -0.305 e. The zero-order chi connectivity index (χ0) is 14.7. The first-order valence-corrected chi connectivity index (χ1v) is 8.36. The van der Waals surface area contributed by atoms with Crippen LogP contribution in [0.5, 0.6) is 0 Å². The van der Waals surface area contributed by atoms with Gasteiger partial charge in [-0.2, -0.15) is 0 Å². The van der Waals surface area contributed by atoms with E-state index in [0.29, 0.717) is 0 Å². The number of hydrogen-bond donors (Lipinski definition) is 1. The van der Waals surface area contributed by atoms with Crippen LogP contribution < -0.4 is 5.32 Å². The van der Waals surface area contributed by atoms with Crippen LogP contribution >= 0.6 is 22.9 Å². The van der Waals surface area contributed by atoms with Crippen molar-refractivity contribution in [2.75, 3.05) is 6.54 Å². The molecule has 0 saturated heterocycles. The minimum absolute atomic E-state index is 0.0936. The molecule has 2 nitrogen and oxygen atoms in total. The molecule has 0 spiro atoms. The Morgan fingerprint density at radius 1 is 1.24 bits per heavy atom. The molecule has 21 heavy (non-hydrogen) atoms. The van der Waals surface area contributed by atoms with Gasteiger partial charge in [0.1, 0.15) is 0 Å². The van der Waals surface area contributed by atoms with E-state index in [0.717, 1.165) is 28.3 Å². The van der Waals surface area contributed by atoms with Crippen molar-refractivity contribution in [3.05, 3.63) is 63.6 Å². The lowest BCUT2D eigenvalue weighted by Crippen LogP contribution is -2.23. The van der Waals surface area contributed by atoms with Crippen molar-refractivity contribution in [3.63, 3.8) is 0 Å². The van der Waals surface area contributed by atoms with E-state index in [1.165, 1.54) is 10.9 Å². The molecule has 0 aliphatic rings. The molecule has 3 aromatic rings.